The van der Waals surface area contributed by atoms with Crippen molar-refractivity contribution in [1.29, 1.82) is 0 Å². The van der Waals surface area contributed by atoms with Crippen molar-refractivity contribution in [3.05, 3.63) is 34.8 Å². The summed E-state index contributed by atoms with van der Waals surface area (Å²) in [6.45, 7) is 8.59. The highest BCUT2D eigenvalue weighted by atomic mass is 35.5. The van der Waals surface area contributed by atoms with E-state index in [1.165, 1.54) is 12.3 Å². The Bertz CT molecular complexity index is 796. The van der Waals surface area contributed by atoms with Crippen molar-refractivity contribution in [1.82, 2.24) is 4.90 Å². The molecule has 1 aliphatic heterocycles. The minimum absolute atomic E-state index is 0.0374. The summed E-state index contributed by atoms with van der Waals surface area (Å²) in [5.41, 5.74) is 0.535. The Morgan fingerprint density at radius 3 is 2.76 bits per heavy atom. The standard InChI is InChI=1S/C19H23ClFNO3/c1-11-9-22(18(23)25-19(2,3)4)8-7-12(11)16-15(21)6-5-13-14(20)10-24-17(13)16/h5-6,10-12H,7-9H2,1-4H3/t11-,12+/m0/s1. The Morgan fingerprint density at radius 1 is 1.40 bits per heavy atom. The first-order chi connectivity index (χ1) is 11.7. The van der Waals surface area contributed by atoms with Crippen LogP contribution in [0.15, 0.2) is 22.8 Å². The molecule has 0 radical (unpaired) electrons. The lowest BCUT2D eigenvalue weighted by molar-refractivity contribution is 0.0154. The quantitative estimate of drug-likeness (QED) is 0.660. The first kappa shape index (κ1) is 18.1. The Kier molecular flexibility index (Phi) is 4.71. The molecule has 25 heavy (non-hydrogen) atoms. The summed E-state index contributed by atoms with van der Waals surface area (Å²) in [6, 6.07) is 3.08. The smallest absolute Gasteiger partial charge is 0.410 e. The number of hydrogen-bond acceptors (Lipinski definition) is 3. The molecule has 6 heteroatoms. The number of ether oxygens (including phenoxy) is 1. The Balaban J connectivity index is 1.83. The van der Waals surface area contributed by atoms with Crippen LogP contribution in [0.5, 0.6) is 0 Å². The van der Waals surface area contributed by atoms with Crippen molar-refractivity contribution >= 4 is 28.7 Å². The van der Waals surface area contributed by atoms with Gasteiger partial charge in [-0.2, -0.15) is 0 Å². The van der Waals surface area contributed by atoms with Crippen LogP contribution in [-0.4, -0.2) is 29.7 Å². The number of nitrogens with zero attached hydrogens (tertiary/aromatic N) is 1. The molecule has 3 rings (SSSR count). The molecular formula is C19H23ClFNO3. The number of rotatable bonds is 1. The van der Waals surface area contributed by atoms with E-state index in [0.717, 1.165) is 5.39 Å². The summed E-state index contributed by atoms with van der Waals surface area (Å²) >= 11 is 6.11. The van der Waals surface area contributed by atoms with Gasteiger partial charge in [-0.1, -0.05) is 18.5 Å². The summed E-state index contributed by atoms with van der Waals surface area (Å²) in [4.78, 5) is 14.0. The van der Waals surface area contributed by atoms with Crippen LogP contribution in [0, 0.1) is 11.7 Å². The lowest BCUT2D eigenvalue weighted by atomic mass is 9.81. The largest absolute Gasteiger partial charge is 0.462 e. The summed E-state index contributed by atoms with van der Waals surface area (Å²) in [5, 5.41) is 1.20. The van der Waals surface area contributed by atoms with Gasteiger partial charge in [-0.3, -0.25) is 0 Å². The number of likely N-dealkylation sites (tertiary alicyclic amines) is 1. The number of furan rings is 1. The minimum Gasteiger partial charge on any atom is -0.462 e. The molecule has 1 aliphatic rings. The van der Waals surface area contributed by atoms with Gasteiger partial charge in [-0.15, -0.1) is 0 Å². The molecule has 2 aromatic rings. The van der Waals surface area contributed by atoms with Crippen LogP contribution in [0.4, 0.5) is 9.18 Å². The van der Waals surface area contributed by atoms with E-state index in [9.17, 15) is 9.18 Å². The summed E-state index contributed by atoms with van der Waals surface area (Å²) in [7, 11) is 0. The van der Waals surface area contributed by atoms with Crippen molar-refractivity contribution in [2.75, 3.05) is 13.1 Å². The number of fused-ring (bicyclic) bond motifs is 1. The average Bonchev–Trinajstić information content (AvgIpc) is 2.87. The highest BCUT2D eigenvalue weighted by molar-refractivity contribution is 6.35. The fraction of sp³-hybridized carbons (Fsp3) is 0.526. The lowest BCUT2D eigenvalue weighted by Gasteiger charge is -2.37. The third-order valence-corrected chi connectivity index (χ3v) is 4.90. The van der Waals surface area contributed by atoms with Gasteiger partial charge in [0.1, 0.15) is 23.3 Å². The molecule has 1 saturated heterocycles. The van der Waals surface area contributed by atoms with E-state index in [1.54, 1.807) is 11.0 Å². The molecule has 2 heterocycles. The van der Waals surface area contributed by atoms with Crippen molar-refractivity contribution < 1.29 is 18.3 Å². The topological polar surface area (TPSA) is 42.7 Å². The van der Waals surface area contributed by atoms with Crippen LogP contribution in [0.1, 0.15) is 45.6 Å². The van der Waals surface area contributed by atoms with Gasteiger partial charge < -0.3 is 14.1 Å². The maximum atomic E-state index is 14.6. The van der Waals surface area contributed by atoms with E-state index >= 15 is 0 Å². The van der Waals surface area contributed by atoms with E-state index < -0.39 is 5.60 Å². The molecular weight excluding hydrogens is 345 g/mol. The average molecular weight is 368 g/mol. The van der Waals surface area contributed by atoms with Gasteiger partial charge >= 0.3 is 6.09 Å². The van der Waals surface area contributed by atoms with Crippen molar-refractivity contribution in [3.63, 3.8) is 0 Å². The molecule has 1 amide bonds. The maximum Gasteiger partial charge on any atom is 0.410 e. The Morgan fingerprint density at radius 2 is 2.12 bits per heavy atom. The molecule has 0 spiro atoms. The third kappa shape index (κ3) is 3.61. The highest BCUT2D eigenvalue weighted by Crippen LogP contribution is 2.40. The third-order valence-electron chi connectivity index (χ3n) is 4.61. The van der Waals surface area contributed by atoms with Gasteiger partial charge in [0.15, 0.2) is 0 Å². The molecule has 1 fully saturated rings. The molecule has 0 saturated carbocycles. The number of halogens is 2. The number of benzene rings is 1. The fourth-order valence-electron chi connectivity index (χ4n) is 3.48. The normalized spacial score (nSPS) is 21.6. The Labute approximate surface area is 151 Å². The van der Waals surface area contributed by atoms with Crippen LogP contribution in [0.25, 0.3) is 11.0 Å². The molecule has 0 N–H and O–H groups in total. The Hall–Kier alpha value is -1.75. The molecule has 1 aromatic carbocycles. The second kappa shape index (κ2) is 6.52. The second-order valence-electron chi connectivity index (χ2n) is 7.72. The van der Waals surface area contributed by atoms with Crippen LogP contribution < -0.4 is 0 Å². The predicted molar refractivity (Wildman–Crippen MR) is 95.5 cm³/mol. The van der Waals surface area contributed by atoms with E-state index in [2.05, 4.69) is 0 Å². The summed E-state index contributed by atoms with van der Waals surface area (Å²) in [5.74, 6) is -0.254. The molecule has 2 atom stereocenters. The number of amides is 1. The van der Waals surface area contributed by atoms with Gasteiger partial charge in [0, 0.05) is 24.0 Å². The molecule has 4 nitrogen and oxygen atoms in total. The van der Waals surface area contributed by atoms with Gasteiger partial charge in [0.05, 0.1) is 5.02 Å². The zero-order valence-corrected chi connectivity index (χ0v) is 15.7. The van der Waals surface area contributed by atoms with Crippen LogP contribution in [-0.2, 0) is 4.74 Å². The summed E-state index contributed by atoms with van der Waals surface area (Å²) in [6.07, 6.45) is 1.77. The SMILES string of the molecule is C[C@H]1CN(C(=O)OC(C)(C)C)CC[C@H]1c1c(F)ccc2c(Cl)coc12. The lowest BCUT2D eigenvalue weighted by Crippen LogP contribution is -2.44. The number of carbonyl (C=O) groups excluding carboxylic acids is 1. The van der Waals surface area contributed by atoms with Gasteiger partial charge in [0.2, 0.25) is 0 Å². The van der Waals surface area contributed by atoms with E-state index in [1.807, 2.05) is 27.7 Å². The second-order valence-corrected chi connectivity index (χ2v) is 8.13. The van der Waals surface area contributed by atoms with E-state index in [-0.39, 0.29) is 23.7 Å². The van der Waals surface area contributed by atoms with Crippen molar-refractivity contribution in [2.45, 2.75) is 45.6 Å². The highest BCUT2D eigenvalue weighted by Gasteiger charge is 2.34. The zero-order valence-electron chi connectivity index (χ0n) is 14.9. The molecule has 0 aliphatic carbocycles. The van der Waals surface area contributed by atoms with Gasteiger partial charge in [0.25, 0.3) is 0 Å². The maximum absolute atomic E-state index is 14.6. The predicted octanol–water partition coefficient (Wildman–Crippen LogP) is 5.59. The monoisotopic (exact) mass is 367 g/mol. The zero-order chi connectivity index (χ0) is 18.4. The molecule has 1 aromatic heterocycles. The van der Waals surface area contributed by atoms with Crippen LogP contribution in [0.2, 0.25) is 5.02 Å². The number of hydrogen-bond donors (Lipinski definition) is 0. The number of carbonyl (C=O) groups is 1. The molecule has 0 bridgehead atoms. The van der Waals surface area contributed by atoms with Crippen molar-refractivity contribution in [2.24, 2.45) is 5.92 Å². The first-order valence-electron chi connectivity index (χ1n) is 8.50. The molecule has 0 unspecified atom stereocenters. The molecule has 136 valence electrons. The first-order valence-corrected chi connectivity index (χ1v) is 8.88. The van der Waals surface area contributed by atoms with E-state index in [4.69, 9.17) is 20.8 Å². The van der Waals surface area contributed by atoms with Gasteiger partial charge in [-0.05, 0) is 51.2 Å². The van der Waals surface area contributed by atoms with Crippen LogP contribution in [0.3, 0.4) is 0 Å². The summed E-state index contributed by atoms with van der Waals surface area (Å²) < 4.78 is 25.5. The van der Waals surface area contributed by atoms with E-state index in [0.29, 0.717) is 35.7 Å². The minimum atomic E-state index is -0.528. The number of piperidine rings is 1. The van der Waals surface area contributed by atoms with Crippen LogP contribution >= 0.6 is 11.6 Å². The van der Waals surface area contributed by atoms with Crippen molar-refractivity contribution in [3.8, 4) is 0 Å². The fourth-order valence-corrected chi connectivity index (χ4v) is 3.67. The van der Waals surface area contributed by atoms with Gasteiger partial charge in [-0.25, -0.2) is 9.18 Å².